The Morgan fingerprint density at radius 2 is 1.65 bits per heavy atom. The van der Waals surface area contributed by atoms with Crippen molar-refractivity contribution >= 4 is 34.8 Å². The van der Waals surface area contributed by atoms with Gasteiger partial charge in [-0.3, -0.25) is 9.59 Å². The van der Waals surface area contributed by atoms with Crippen LogP contribution in [-0.2, 0) is 11.3 Å². The van der Waals surface area contributed by atoms with E-state index in [-0.39, 0.29) is 23.8 Å². The van der Waals surface area contributed by atoms with E-state index in [4.69, 9.17) is 11.6 Å². The van der Waals surface area contributed by atoms with Crippen molar-refractivity contribution < 1.29 is 9.59 Å². The highest BCUT2D eigenvalue weighted by atomic mass is 35.5. The van der Waals surface area contributed by atoms with Crippen molar-refractivity contribution in [2.24, 2.45) is 11.8 Å². The maximum atomic E-state index is 13.0. The van der Waals surface area contributed by atoms with Crippen LogP contribution in [0, 0.1) is 11.8 Å². The molecule has 6 heteroatoms. The number of carbonyl (C=O) groups is 2. The number of carbonyl (C=O) groups excluding carboxylic acids is 2. The van der Waals surface area contributed by atoms with Crippen molar-refractivity contribution in [2.45, 2.75) is 47.2 Å². The lowest BCUT2D eigenvalue weighted by Crippen LogP contribution is -2.43. The van der Waals surface area contributed by atoms with Crippen LogP contribution in [0.5, 0.6) is 0 Å². The Morgan fingerprint density at radius 3 is 2.19 bits per heavy atom. The number of nitrogens with zero attached hydrogens (tertiary/aromatic N) is 2. The van der Waals surface area contributed by atoms with Gasteiger partial charge in [-0.05, 0) is 48.7 Å². The standard InChI is InChI=1S/C25H34ClN3O2/c1-16(2)18(5)29(25(31)17(3)4)15-19-14-20(12-13-23(19)28(6)7)27-24(30)21-10-8-9-11-22(21)26/h8-14,16-18H,15H2,1-7H3,(H,27,30)/t18-/m1/s1. The summed E-state index contributed by atoms with van der Waals surface area (Å²) in [7, 11) is 3.95. The lowest BCUT2D eigenvalue weighted by atomic mass is 10.0. The molecule has 31 heavy (non-hydrogen) atoms. The van der Waals surface area contributed by atoms with E-state index >= 15 is 0 Å². The van der Waals surface area contributed by atoms with Crippen LogP contribution >= 0.6 is 11.6 Å². The molecule has 5 nitrogen and oxygen atoms in total. The minimum absolute atomic E-state index is 0.0892. The van der Waals surface area contributed by atoms with E-state index in [1.165, 1.54) is 0 Å². The lowest BCUT2D eigenvalue weighted by molar-refractivity contribution is -0.138. The van der Waals surface area contributed by atoms with Crippen LogP contribution in [0.4, 0.5) is 11.4 Å². The number of hydrogen-bond donors (Lipinski definition) is 1. The molecule has 0 fully saturated rings. The molecule has 2 amide bonds. The number of halogens is 1. The van der Waals surface area contributed by atoms with Gasteiger partial charge >= 0.3 is 0 Å². The number of nitrogens with one attached hydrogen (secondary N) is 1. The van der Waals surface area contributed by atoms with Gasteiger partial charge in [0.05, 0.1) is 10.6 Å². The average molecular weight is 444 g/mol. The molecule has 0 aliphatic heterocycles. The maximum Gasteiger partial charge on any atom is 0.257 e. The van der Waals surface area contributed by atoms with E-state index in [1.807, 2.05) is 55.9 Å². The first-order valence-corrected chi connectivity index (χ1v) is 11.1. The van der Waals surface area contributed by atoms with E-state index in [1.54, 1.807) is 24.3 Å². The number of hydrogen-bond acceptors (Lipinski definition) is 3. The van der Waals surface area contributed by atoms with Crippen molar-refractivity contribution in [1.29, 1.82) is 0 Å². The highest BCUT2D eigenvalue weighted by molar-refractivity contribution is 6.34. The average Bonchev–Trinajstić information content (AvgIpc) is 2.71. The summed E-state index contributed by atoms with van der Waals surface area (Å²) in [6, 6.07) is 12.8. The first kappa shape index (κ1) is 24.7. The Bertz CT molecular complexity index is 925. The highest BCUT2D eigenvalue weighted by Crippen LogP contribution is 2.28. The molecule has 0 saturated heterocycles. The number of amides is 2. The van der Waals surface area contributed by atoms with E-state index in [2.05, 4.69) is 26.1 Å². The van der Waals surface area contributed by atoms with Crippen molar-refractivity contribution in [2.75, 3.05) is 24.3 Å². The van der Waals surface area contributed by atoms with Crippen molar-refractivity contribution in [3.63, 3.8) is 0 Å². The molecule has 0 aliphatic rings. The number of benzene rings is 2. The van der Waals surface area contributed by atoms with Crippen LogP contribution < -0.4 is 10.2 Å². The van der Waals surface area contributed by atoms with Gasteiger partial charge in [-0.15, -0.1) is 0 Å². The molecule has 1 atom stereocenters. The molecule has 0 spiro atoms. The largest absolute Gasteiger partial charge is 0.377 e. The summed E-state index contributed by atoms with van der Waals surface area (Å²) in [6.45, 7) is 10.7. The smallest absolute Gasteiger partial charge is 0.257 e. The Labute approximate surface area is 191 Å². The zero-order valence-corrected chi connectivity index (χ0v) is 20.3. The normalized spacial score (nSPS) is 12.1. The van der Waals surface area contributed by atoms with E-state index < -0.39 is 0 Å². The van der Waals surface area contributed by atoms with Gasteiger partial charge in [-0.1, -0.05) is 51.4 Å². The third-order valence-corrected chi connectivity index (χ3v) is 5.84. The zero-order chi connectivity index (χ0) is 23.3. The van der Waals surface area contributed by atoms with Gasteiger partial charge in [-0.25, -0.2) is 0 Å². The molecule has 2 aromatic carbocycles. The van der Waals surface area contributed by atoms with E-state index in [9.17, 15) is 9.59 Å². The molecule has 2 aromatic rings. The molecule has 0 unspecified atom stereocenters. The molecule has 168 valence electrons. The second kappa shape index (κ2) is 10.7. The molecule has 0 bridgehead atoms. The molecule has 0 saturated carbocycles. The van der Waals surface area contributed by atoms with Crippen molar-refractivity contribution in [3.05, 3.63) is 58.6 Å². The minimum Gasteiger partial charge on any atom is -0.377 e. The predicted molar refractivity (Wildman–Crippen MR) is 130 cm³/mol. The summed E-state index contributed by atoms with van der Waals surface area (Å²) in [6.07, 6.45) is 0. The Balaban J connectivity index is 2.39. The number of rotatable bonds is 8. The fourth-order valence-electron chi connectivity index (χ4n) is 3.37. The quantitative estimate of drug-likeness (QED) is 0.570. The number of anilines is 2. The lowest BCUT2D eigenvalue weighted by Gasteiger charge is -2.34. The van der Waals surface area contributed by atoms with Crippen LogP contribution in [0.25, 0.3) is 0 Å². The first-order chi connectivity index (χ1) is 14.5. The molecular weight excluding hydrogens is 410 g/mol. The second-order valence-corrected chi connectivity index (χ2v) is 9.18. The molecule has 0 radical (unpaired) electrons. The van der Waals surface area contributed by atoms with Gasteiger partial charge in [0.15, 0.2) is 0 Å². The molecular formula is C25H34ClN3O2. The van der Waals surface area contributed by atoms with E-state index in [0.717, 1.165) is 11.3 Å². The summed E-state index contributed by atoms with van der Waals surface area (Å²) in [5, 5.41) is 3.34. The summed E-state index contributed by atoms with van der Waals surface area (Å²) in [5.41, 5.74) is 3.07. The molecule has 0 aromatic heterocycles. The monoisotopic (exact) mass is 443 g/mol. The zero-order valence-electron chi connectivity index (χ0n) is 19.6. The van der Waals surface area contributed by atoms with Crippen LogP contribution in [0.1, 0.15) is 50.5 Å². The third kappa shape index (κ3) is 6.23. The van der Waals surface area contributed by atoms with E-state index in [0.29, 0.717) is 28.7 Å². The highest BCUT2D eigenvalue weighted by Gasteiger charge is 2.26. The summed E-state index contributed by atoms with van der Waals surface area (Å²) in [5.74, 6) is 0.0944. The molecule has 2 rings (SSSR count). The fraction of sp³-hybridized carbons (Fsp3) is 0.440. The molecule has 0 aliphatic carbocycles. The maximum absolute atomic E-state index is 13.0. The van der Waals surface area contributed by atoms with Gasteiger partial charge in [0.1, 0.15) is 0 Å². The molecule has 0 heterocycles. The first-order valence-electron chi connectivity index (χ1n) is 10.7. The fourth-order valence-corrected chi connectivity index (χ4v) is 3.59. The Hall–Kier alpha value is -2.53. The Morgan fingerprint density at radius 1 is 1.00 bits per heavy atom. The van der Waals surface area contributed by atoms with Crippen LogP contribution in [0.2, 0.25) is 5.02 Å². The van der Waals surface area contributed by atoms with Crippen LogP contribution in [0.3, 0.4) is 0 Å². The minimum atomic E-state index is -0.264. The van der Waals surface area contributed by atoms with Gasteiger partial charge in [0.25, 0.3) is 5.91 Å². The topological polar surface area (TPSA) is 52.7 Å². The van der Waals surface area contributed by atoms with Gasteiger partial charge in [0.2, 0.25) is 5.91 Å². The van der Waals surface area contributed by atoms with Crippen molar-refractivity contribution in [1.82, 2.24) is 4.90 Å². The van der Waals surface area contributed by atoms with Crippen LogP contribution in [-0.4, -0.2) is 36.9 Å². The molecule has 1 N–H and O–H groups in total. The summed E-state index contributed by atoms with van der Waals surface area (Å²) < 4.78 is 0. The predicted octanol–water partition coefficient (Wildman–Crippen LogP) is 5.69. The summed E-state index contributed by atoms with van der Waals surface area (Å²) >= 11 is 6.17. The SMILES string of the molecule is CC(C)C(=O)N(Cc1cc(NC(=O)c2ccccc2Cl)ccc1N(C)C)[C@H](C)C(C)C. The second-order valence-electron chi connectivity index (χ2n) is 8.78. The van der Waals surface area contributed by atoms with Crippen molar-refractivity contribution in [3.8, 4) is 0 Å². The van der Waals surface area contributed by atoms with Gasteiger partial charge in [0, 0.05) is 44.0 Å². The van der Waals surface area contributed by atoms with Crippen LogP contribution in [0.15, 0.2) is 42.5 Å². The third-order valence-electron chi connectivity index (χ3n) is 5.51. The van der Waals surface area contributed by atoms with Gasteiger partial charge < -0.3 is 15.1 Å². The Kier molecular flexibility index (Phi) is 8.52. The summed E-state index contributed by atoms with van der Waals surface area (Å²) in [4.78, 5) is 29.7. The van der Waals surface area contributed by atoms with Gasteiger partial charge in [-0.2, -0.15) is 0 Å².